The van der Waals surface area contributed by atoms with Crippen LogP contribution < -0.4 is 5.73 Å². The zero-order valence-electron chi connectivity index (χ0n) is 11.9. The van der Waals surface area contributed by atoms with Crippen LogP contribution >= 0.6 is 0 Å². The van der Waals surface area contributed by atoms with Crippen LogP contribution in [0.5, 0.6) is 0 Å². The second-order valence-corrected chi connectivity index (χ2v) is 5.17. The van der Waals surface area contributed by atoms with Crippen molar-refractivity contribution in [3.8, 4) is 0 Å². The molecule has 1 aromatic heterocycles. The van der Waals surface area contributed by atoms with Gasteiger partial charge in [-0.2, -0.15) is 5.10 Å². The number of rotatable bonds is 4. The fourth-order valence-electron chi connectivity index (χ4n) is 2.34. The molecule has 0 saturated carbocycles. The van der Waals surface area contributed by atoms with E-state index in [0.29, 0.717) is 16.8 Å². The molecule has 0 radical (unpaired) electrons. The fraction of sp³-hybridized carbons (Fsp3) is 0.333. The first-order valence-corrected chi connectivity index (χ1v) is 6.49. The van der Waals surface area contributed by atoms with Gasteiger partial charge in [-0.15, -0.1) is 0 Å². The summed E-state index contributed by atoms with van der Waals surface area (Å²) < 4.78 is 15.6. The predicted octanol–water partition coefficient (Wildman–Crippen LogP) is 2.37. The molecule has 0 bridgehead atoms. The third kappa shape index (κ3) is 2.71. The van der Waals surface area contributed by atoms with Crippen molar-refractivity contribution in [1.82, 2.24) is 9.78 Å². The quantitative estimate of drug-likeness (QED) is 0.931. The van der Waals surface area contributed by atoms with Gasteiger partial charge in [0.05, 0.1) is 11.3 Å². The Morgan fingerprint density at radius 1 is 1.45 bits per heavy atom. The Balaban J connectivity index is 2.47. The van der Waals surface area contributed by atoms with Crippen molar-refractivity contribution in [3.05, 3.63) is 52.6 Å². The number of benzene rings is 1. The Morgan fingerprint density at radius 2 is 2.15 bits per heavy atom. The summed E-state index contributed by atoms with van der Waals surface area (Å²) in [6.07, 6.45) is 1.83. The lowest BCUT2D eigenvalue weighted by molar-refractivity contribution is 0.0999. The molecule has 0 aliphatic carbocycles. The van der Waals surface area contributed by atoms with E-state index in [0.717, 1.165) is 5.56 Å². The Morgan fingerprint density at radius 3 is 2.75 bits per heavy atom. The molecule has 1 heterocycles. The Bertz CT molecular complexity index is 647. The molecule has 106 valence electrons. The fourth-order valence-corrected chi connectivity index (χ4v) is 2.34. The Kier molecular flexibility index (Phi) is 3.88. The summed E-state index contributed by atoms with van der Waals surface area (Å²) in [5, 5.41) is 4.22. The third-order valence-electron chi connectivity index (χ3n) is 3.29. The van der Waals surface area contributed by atoms with Crippen molar-refractivity contribution in [2.45, 2.75) is 26.2 Å². The van der Waals surface area contributed by atoms with Gasteiger partial charge in [0, 0.05) is 19.7 Å². The smallest absolute Gasteiger partial charge is 0.252 e. The van der Waals surface area contributed by atoms with Crippen LogP contribution in [-0.4, -0.2) is 15.7 Å². The van der Waals surface area contributed by atoms with Crippen LogP contribution in [0.25, 0.3) is 0 Å². The molecule has 0 aliphatic heterocycles. The molecule has 2 N–H and O–H groups in total. The standard InChI is InChI=1S/C15H18FN3O/c1-9(2)10-5-4-6-13(16)11(10)7-14-12(15(17)20)8-19(3)18-14/h4-6,8-9H,7H2,1-3H3,(H2,17,20). The molecule has 1 aromatic carbocycles. The second-order valence-electron chi connectivity index (χ2n) is 5.17. The highest BCUT2D eigenvalue weighted by atomic mass is 19.1. The lowest BCUT2D eigenvalue weighted by Gasteiger charge is -2.13. The monoisotopic (exact) mass is 275 g/mol. The first-order valence-electron chi connectivity index (χ1n) is 6.49. The first-order chi connectivity index (χ1) is 9.40. The zero-order chi connectivity index (χ0) is 14.9. The molecule has 0 spiro atoms. The van der Waals surface area contributed by atoms with E-state index in [-0.39, 0.29) is 18.2 Å². The van der Waals surface area contributed by atoms with Crippen molar-refractivity contribution in [2.24, 2.45) is 12.8 Å². The predicted molar refractivity (Wildman–Crippen MR) is 75.0 cm³/mol. The van der Waals surface area contributed by atoms with Gasteiger partial charge in [-0.3, -0.25) is 9.48 Å². The molecule has 0 unspecified atom stereocenters. The van der Waals surface area contributed by atoms with Gasteiger partial charge in [0.1, 0.15) is 5.82 Å². The van der Waals surface area contributed by atoms with Gasteiger partial charge in [-0.25, -0.2) is 4.39 Å². The summed E-state index contributed by atoms with van der Waals surface area (Å²) in [5.41, 5.74) is 7.67. The van der Waals surface area contributed by atoms with Gasteiger partial charge < -0.3 is 5.73 Å². The summed E-state index contributed by atoms with van der Waals surface area (Å²) in [5.74, 6) is -0.630. The normalized spacial score (nSPS) is 11.1. The van der Waals surface area contributed by atoms with E-state index in [9.17, 15) is 9.18 Å². The summed E-state index contributed by atoms with van der Waals surface area (Å²) in [6.45, 7) is 4.01. The van der Waals surface area contributed by atoms with Crippen LogP contribution in [0.4, 0.5) is 4.39 Å². The number of primary amides is 1. The molecule has 0 aliphatic rings. The van der Waals surface area contributed by atoms with Crippen LogP contribution in [0.3, 0.4) is 0 Å². The SMILES string of the molecule is CC(C)c1cccc(F)c1Cc1nn(C)cc1C(N)=O. The average Bonchev–Trinajstić information content (AvgIpc) is 2.72. The number of hydrogen-bond donors (Lipinski definition) is 1. The van der Waals surface area contributed by atoms with Gasteiger partial charge in [0.15, 0.2) is 0 Å². The van der Waals surface area contributed by atoms with Gasteiger partial charge in [-0.1, -0.05) is 26.0 Å². The summed E-state index contributed by atoms with van der Waals surface area (Å²) in [6, 6.07) is 5.02. The minimum Gasteiger partial charge on any atom is -0.365 e. The maximum absolute atomic E-state index is 14.1. The zero-order valence-corrected chi connectivity index (χ0v) is 11.9. The number of aryl methyl sites for hydroxylation is 1. The second kappa shape index (κ2) is 5.45. The number of nitrogens with zero attached hydrogens (tertiary/aromatic N) is 2. The maximum atomic E-state index is 14.1. The van der Waals surface area contributed by atoms with Gasteiger partial charge in [0.2, 0.25) is 0 Å². The number of amides is 1. The van der Waals surface area contributed by atoms with Gasteiger partial charge in [-0.05, 0) is 23.1 Å². The molecule has 5 heteroatoms. The number of hydrogen-bond acceptors (Lipinski definition) is 2. The minimum atomic E-state index is -0.546. The van der Waals surface area contributed by atoms with Crippen LogP contribution in [-0.2, 0) is 13.5 Å². The van der Waals surface area contributed by atoms with E-state index < -0.39 is 5.91 Å². The summed E-state index contributed by atoms with van der Waals surface area (Å²) in [4.78, 5) is 11.4. The molecule has 4 nitrogen and oxygen atoms in total. The number of halogens is 1. The van der Waals surface area contributed by atoms with Crippen molar-refractivity contribution in [2.75, 3.05) is 0 Å². The number of aromatic nitrogens is 2. The summed E-state index contributed by atoms with van der Waals surface area (Å²) >= 11 is 0. The molecule has 0 fully saturated rings. The molecular formula is C15H18FN3O. The van der Waals surface area contributed by atoms with E-state index in [1.54, 1.807) is 19.3 Å². The van der Waals surface area contributed by atoms with Crippen molar-refractivity contribution in [1.29, 1.82) is 0 Å². The molecule has 0 saturated heterocycles. The van der Waals surface area contributed by atoms with E-state index in [2.05, 4.69) is 5.10 Å². The molecule has 20 heavy (non-hydrogen) atoms. The van der Waals surface area contributed by atoms with E-state index in [4.69, 9.17) is 5.73 Å². The van der Waals surface area contributed by atoms with E-state index in [1.165, 1.54) is 10.7 Å². The topological polar surface area (TPSA) is 60.9 Å². The van der Waals surface area contributed by atoms with Gasteiger partial charge in [0.25, 0.3) is 5.91 Å². The van der Waals surface area contributed by atoms with E-state index >= 15 is 0 Å². The number of nitrogens with two attached hydrogens (primary N) is 1. The highest BCUT2D eigenvalue weighted by Gasteiger charge is 2.18. The summed E-state index contributed by atoms with van der Waals surface area (Å²) in [7, 11) is 1.71. The van der Waals surface area contributed by atoms with Crippen LogP contribution in [0, 0.1) is 5.82 Å². The van der Waals surface area contributed by atoms with Crippen LogP contribution in [0.2, 0.25) is 0 Å². The lowest BCUT2D eigenvalue weighted by Crippen LogP contribution is -2.13. The van der Waals surface area contributed by atoms with Crippen molar-refractivity contribution in [3.63, 3.8) is 0 Å². The van der Waals surface area contributed by atoms with Crippen LogP contribution in [0.1, 0.15) is 46.9 Å². The Hall–Kier alpha value is -2.17. The van der Waals surface area contributed by atoms with Crippen molar-refractivity contribution >= 4 is 5.91 Å². The molecular weight excluding hydrogens is 257 g/mol. The highest BCUT2D eigenvalue weighted by molar-refractivity contribution is 5.93. The number of carbonyl (C=O) groups is 1. The lowest BCUT2D eigenvalue weighted by atomic mass is 9.93. The average molecular weight is 275 g/mol. The largest absolute Gasteiger partial charge is 0.365 e. The molecule has 2 rings (SSSR count). The molecule has 2 aromatic rings. The Labute approximate surface area is 117 Å². The highest BCUT2D eigenvalue weighted by Crippen LogP contribution is 2.25. The van der Waals surface area contributed by atoms with Gasteiger partial charge >= 0.3 is 0 Å². The van der Waals surface area contributed by atoms with E-state index in [1.807, 2.05) is 19.9 Å². The molecule has 1 amide bonds. The van der Waals surface area contributed by atoms with Crippen molar-refractivity contribution < 1.29 is 9.18 Å². The first kappa shape index (κ1) is 14.2. The third-order valence-corrected chi connectivity index (χ3v) is 3.29. The minimum absolute atomic E-state index is 0.196. The van der Waals surface area contributed by atoms with Crippen LogP contribution in [0.15, 0.2) is 24.4 Å². The maximum Gasteiger partial charge on any atom is 0.252 e. The molecule has 0 atom stereocenters. The number of carbonyl (C=O) groups excluding carboxylic acids is 1.